The van der Waals surface area contributed by atoms with Crippen LogP contribution in [-0.2, 0) is 16.3 Å². The molecule has 112 valence electrons. The highest BCUT2D eigenvalue weighted by molar-refractivity contribution is 7.79. The first-order valence-corrected chi connectivity index (χ1v) is 8.21. The molecule has 0 saturated carbocycles. The molecule has 0 aromatic heterocycles. The summed E-state index contributed by atoms with van der Waals surface area (Å²) >= 11 is 8.34. The fraction of sp³-hybridized carbons (Fsp3) is 0.533. The van der Waals surface area contributed by atoms with Gasteiger partial charge in [0.25, 0.3) is 0 Å². The van der Waals surface area contributed by atoms with E-state index in [1.807, 2.05) is 18.2 Å². The number of amides is 1. The molecule has 0 radical (unpaired) electrons. The molecule has 1 aliphatic heterocycles. The molecule has 1 saturated heterocycles. The molecule has 1 heterocycles. The van der Waals surface area contributed by atoms with Gasteiger partial charge in [-0.05, 0) is 55.1 Å². The van der Waals surface area contributed by atoms with Gasteiger partial charge in [-0.2, -0.15) is 25.3 Å². The van der Waals surface area contributed by atoms with E-state index in [9.17, 15) is 4.79 Å². The molecule has 3 nitrogen and oxygen atoms in total. The summed E-state index contributed by atoms with van der Waals surface area (Å²) in [7, 11) is 0. The number of benzene rings is 1. The molecule has 5 heteroatoms. The molecule has 1 amide bonds. The monoisotopic (exact) mass is 312 g/mol. The van der Waals surface area contributed by atoms with E-state index >= 15 is 0 Å². The molecular weight excluding hydrogens is 288 g/mol. The lowest BCUT2D eigenvalue weighted by Gasteiger charge is -2.17. The molecule has 2 N–H and O–H groups in total. The Kier molecular flexibility index (Phi) is 8.82. The van der Waals surface area contributed by atoms with Crippen LogP contribution in [0.2, 0.25) is 0 Å². The normalized spacial score (nSPS) is 17.9. The maximum Gasteiger partial charge on any atom is 0.211 e. The summed E-state index contributed by atoms with van der Waals surface area (Å²) in [6, 6.07) is 5.82. The molecule has 0 bridgehead atoms. The van der Waals surface area contributed by atoms with Crippen molar-refractivity contribution in [3.05, 3.63) is 29.3 Å². The van der Waals surface area contributed by atoms with Crippen molar-refractivity contribution in [2.24, 2.45) is 5.92 Å². The molecule has 20 heavy (non-hydrogen) atoms. The molecule has 1 aromatic rings. The topological polar surface area (TPSA) is 41.1 Å². The van der Waals surface area contributed by atoms with Crippen molar-refractivity contribution in [1.82, 2.24) is 5.32 Å². The van der Waals surface area contributed by atoms with Gasteiger partial charge in [0, 0.05) is 17.2 Å². The van der Waals surface area contributed by atoms with E-state index < -0.39 is 0 Å². The minimum Gasteiger partial charge on any atom is -0.329 e. The van der Waals surface area contributed by atoms with Crippen molar-refractivity contribution < 1.29 is 4.79 Å². The van der Waals surface area contributed by atoms with Crippen molar-refractivity contribution in [1.29, 1.82) is 0 Å². The number of carbonyl (C=O) groups is 1. The highest BCUT2D eigenvalue weighted by Gasteiger charge is 2.04. The van der Waals surface area contributed by atoms with Gasteiger partial charge >= 0.3 is 0 Å². The average Bonchev–Trinajstić information content (AvgIpc) is 2.48. The summed E-state index contributed by atoms with van der Waals surface area (Å²) in [5.41, 5.74) is 2.96. The van der Waals surface area contributed by atoms with Gasteiger partial charge in [0.2, 0.25) is 6.41 Å². The van der Waals surface area contributed by atoms with E-state index in [0.29, 0.717) is 17.9 Å². The van der Waals surface area contributed by atoms with Crippen LogP contribution in [0, 0.1) is 5.92 Å². The fourth-order valence-electron chi connectivity index (χ4n) is 2.12. The summed E-state index contributed by atoms with van der Waals surface area (Å²) in [6.45, 7) is 4.77. The number of hydrogen-bond donors (Lipinski definition) is 4. The molecule has 1 aliphatic rings. The third-order valence-electron chi connectivity index (χ3n) is 3.19. The SMILES string of the molecule is CC1CCCNC1.O=CNc1cc(CS)cc(CS)c1. The van der Waals surface area contributed by atoms with Crippen molar-refractivity contribution >= 4 is 37.4 Å². The van der Waals surface area contributed by atoms with Crippen LogP contribution < -0.4 is 10.6 Å². The molecule has 2 rings (SSSR count). The number of piperidine rings is 1. The van der Waals surface area contributed by atoms with E-state index in [-0.39, 0.29) is 0 Å². The first-order chi connectivity index (χ1) is 9.69. The Balaban J connectivity index is 0.000000240. The summed E-state index contributed by atoms with van der Waals surface area (Å²) in [5, 5.41) is 5.94. The molecule has 0 spiro atoms. The Labute approximate surface area is 132 Å². The van der Waals surface area contributed by atoms with Crippen LogP contribution >= 0.6 is 25.3 Å². The number of carbonyl (C=O) groups excluding carboxylic acids is 1. The van der Waals surface area contributed by atoms with Crippen molar-refractivity contribution in [3.63, 3.8) is 0 Å². The summed E-state index contributed by atoms with van der Waals surface area (Å²) in [5.74, 6) is 2.25. The van der Waals surface area contributed by atoms with E-state index in [2.05, 4.69) is 42.8 Å². The molecule has 0 aliphatic carbocycles. The van der Waals surface area contributed by atoms with Crippen LogP contribution in [0.25, 0.3) is 0 Å². The van der Waals surface area contributed by atoms with Crippen molar-refractivity contribution in [3.8, 4) is 0 Å². The van der Waals surface area contributed by atoms with Crippen LogP contribution in [0.5, 0.6) is 0 Å². The first-order valence-electron chi connectivity index (χ1n) is 6.95. The van der Waals surface area contributed by atoms with Crippen LogP contribution in [0.1, 0.15) is 30.9 Å². The van der Waals surface area contributed by atoms with E-state index in [0.717, 1.165) is 22.7 Å². The van der Waals surface area contributed by atoms with Crippen molar-refractivity contribution in [2.75, 3.05) is 18.4 Å². The fourth-order valence-corrected chi connectivity index (χ4v) is 2.49. The number of thiol groups is 2. The standard InChI is InChI=1S/C9H11NOS2.C6H13N/c11-6-10-9-2-7(4-12)1-8(3-9)5-13;1-6-3-2-4-7-5-6/h1-3,6,12-13H,4-5H2,(H,10,11);6-7H,2-5H2,1H3. The largest absolute Gasteiger partial charge is 0.329 e. The van der Waals surface area contributed by atoms with Crippen molar-refractivity contribution in [2.45, 2.75) is 31.3 Å². The van der Waals surface area contributed by atoms with Gasteiger partial charge < -0.3 is 10.6 Å². The highest BCUT2D eigenvalue weighted by Crippen LogP contribution is 2.17. The third kappa shape index (κ3) is 6.68. The van der Waals surface area contributed by atoms with Gasteiger partial charge in [-0.15, -0.1) is 0 Å². The predicted octanol–water partition coefficient (Wildman–Crippen LogP) is 3.12. The maximum atomic E-state index is 10.2. The summed E-state index contributed by atoms with van der Waals surface area (Å²) in [4.78, 5) is 10.2. The van der Waals surface area contributed by atoms with Gasteiger partial charge in [0.1, 0.15) is 0 Å². The lowest BCUT2D eigenvalue weighted by atomic mass is 10.0. The van der Waals surface area contributed by atoms with Crippen LogP contribution in [0.3, 0.4) is 0 Å². The second kappa shape index (κ2) is 10.1. The van der Waals surface area contributed by atoms with Gasteiger partial charge in [0.05, 0.1) is 0 Å². The maximum absolute atomic E-state index is 10.2. The van der Waals surface area contributed by atoms with Crippen LogP contribution in [-0.4, -0.2) is 19.5 Å². The molecular formula is C15H24N2OS2. The summed E-state index contributed by atoms with van der Waals surface area (Å²) < 4.78 is 0. The molecule has 1 aromatic carbocycles. The number of rotatable bonds is 4. The van der Waals surface area contributed by atoms with Gasteiger partial charge in [0.15, 0.2) is 0 Å². The molecule has 1 fully saturated rings. The van der Waals surface area contributed by atoms with Gasteiger partial charge in [-0.3, -0.25) is 4.79 Å². The van der Waals surface area contributed by atoms with Crippen LogP contribution in [0.4, 0.5) is 5.69 Å². The lowest BCUT2D eigenvalue weighted by molar-refractivity contribution is -0.105. The van der Waals surface area contributed by atoms with E-state index in [1.54, 1.807) is 0 Å². The smallest absolute Gasteiger partial charge is 0.211 e. The Bertz CT molecular complexity index is 385. The number of anilines is 1. The average molecular weight is 313 g/mol. The second-order valence-electron chi connectivity index (χ2n) is 5.07. The zero-order valence-corrected chi connectivity index (χ0v) is 13.7. The number of hydrogen-bond acceptors (Lipinski definition) is 4. The predicted molar refractivity (Wildman–Crippen MR) is 92.8 cm³/mol. The Morgan fingerprint density at radius 2 is 1.95 bits per heavy atom. The van der Waals surface area contributed by atoms with Gasteiger partial charge in [-0.25, -0.2) is 0 Å². The molecule has 1 atom stereocenters. The zero-order chi connectivity index (χ0) is 14.8. The zero-order valence-electron chi connectivity index (χ0n) is 11.9. The Morgan fingerprint density at radius 1 is 1.30 bits per heavy atom. The van der Waals surface area contributed by atoms with E-state index in [4.69, 9.17) is 0 Å². The van der Waals surface area contributed by atoms with Gasteiger partial charge in [-0.1, -0.05) is 13.0 Å². The Morgan fingerprint density at radius 3 is 2.30 bits per heavy atom. The van der Waals surface area contributed by atoms with E-state index in [1.165, 1.54) is 25.9 Å². The second-order valence-corrected chi connectivity index (χ2v) is 5.70. The van der Waals surface area contributed by atoms with Crippen LogP contribution in [0.15, 0.2) is 18.2 Å². The minimum atomic E-state index is 0.662. The lowest BCUT2D eigenvalue weighted by Crippen LogP contribution is -2.27. The first kappa shape index (κ1) is 17.4. The Hall–Kier alpha value is -0.650. The summed E-state index contributed by atoms with van der Waals surface area (Å²) in [6.07, 6.45) is 3.47. The highest BCUT2D eigenvalue weighted by atomic mass is 32.1. The molecule has 1 unspecified atom stereocenters. The number of nitrogens with one attached hydrogen (secondary N) is 2. The quantitative estimate of drug-likeness (QED) is 0.510. The third-order valence-corrected chi connectivity index (χ3v) is 3.92. The minimum absolute atomic E-state index is 0.662.